The molecule has 0 aromatic heterocycles. The molecule has 1 aliphatic heterocycles. The van der Waals surface area contributed by atoms with Gasteiger partial charge in [0.05, 0.1) is 17.8 Å². The Morgan fingerprint density at radius 3 is 2.42 bits per heavy atom. The summed E-state index contributed by atoms with van der Waals surface area (Å²) in [7, 11) is 0. The monoisotopic (exact) mass is 269 g/mol. The zero-order valence-electron chi connectivity index (χ0n) is 11.4. The van der Waals surface area contributed by atoms with Crippen molar-refractivity contribution in [1.82, 2.24) is 4.90 Å². The van der Waals surface area contributed by atoms with Crippen LogP contribution in [0.4, 0.5) is 4.39 Å². The maximum atomic E-state index is 14.1. The first-order chi connectivity index (χ1) is 8.82. The second kappa shape index (κ2) is 5.17. The molecule has 5 heteroatoms. The Labute approximate surface area is 112 Å². The maximum absolute atomic E-state index is 14.1. The van der Waals surface area contributed by atoms with Gasteiger partial charge in [0, 0.05) is 13.1 Å². The lowest BCUT2D eigenvalue weighted by Gasteiger charge is -2.42. The molecule has 0 bridgehead atoms. The van der Waals surface area contributed by atoms with Crippen molar-refractivity contribution in [3.63, 3.8) is 0 Å². The number of aryl methyl sites for hydroxylation is 1. The minimum atomic E-state index is -2.32. The van der Waals surface area contributed by atoms with Crippen LogP contribution in [-0.2, 0) is 10.6 Å². The predicted octanol–water partition coefficient (Wildman–Crippen LogP) is 1.34. The Morgan fingerprint density at radius 1 is 1.26 bits per heavy atom. The second-order valence-electron chi connectivity index (χ2n) is 5.23. The quantitative estimate of drug-likeness (QED) is 0.796. The summed E-state index contributed by atoms with van der Waals surface area (Å²) in [5.41, 5.74) is 0.271. The van der Waals surface area contributed by atoms with Gasteiger partial charge in [-0.05, 0) is 32.4 Å². The van der Waals surface area contributed by atoms with E-state index in [1.807, 2.05) is 13.8 Å². The van der Waals surface area contributed by atoms with Crippen molar-refractivity contribution in [2.24, 2.45) is 0 Å². The molecule has 4 nitrogen and oxygen atoms in total. The number of hydrogen-bond acceptors (Lipinski definition) is 4. The van der Waals surface area contributed by atoms with Crippen LogP contribution in [0, 0.1) is 12.7 Å². The van der Waals surface area contributed by atoms with E-state index in [-0.39, 0.29) is 17.8 Å². The molecule has 0 spiro atoms. The first-order valence-electron chi connectivity index (χ1n) is 6.43. The van der Waals surface area contributed by atoms with Gasteiger partial charge in [-0.15, -0.1) is 0 Å². The molecule has 0 amide bonds. The number of nitrogens with zero attached hydrogens (tertiary/aromatic N) is 1. The van der Waals surface area contributed by atoms with E-state index < -0.39 is 11.7 Å². The summed E-state index contributed by atoms with van der Waals surface area (Å²) in [6, 6.07) is 4.61. The smallest absolute Gasteiger partial charge is 0.256 e. The zero-order valence-corrected chi connectivity index (χ0v) is 11.4. The lowest BCUT2D eigenvalue weighted by Crippen LogP contribution is -2.56. The van der Waals surface area contributed by atoms with E-state index in [1.54, 1.807) is 19.1 Å². The van der Waals surface area contributed by atoms with E-state index in [1.165, 1.54) is 11.0 Å². The van der Waals surface area contributed by atoms with Gasteiger partial charge in [0.2, 0.25) is 0 Å². The predicted molar refractivity (Wildman–Crippen MR) is 68.8 cm³/mol. The minimum absolute atomic E-state index is 0.117. The van der Waals surface area contributed by atoms with Crippen LogP contribution in [0.1, 0.15) is 25.0 Å². The third kappa shape index (κ3) is 2.79. The number of rotatable bonds is 2. The van der Waals surface area contributed by atoms with E-state index in [0.717, 1.165) is 0 Å². The summed E-state index contributed by atoms with van der Waals surface area (Å²) in [6.45, 7) is 5.98. The fourth-order valence-electron chi connectivity index (χ4n) is 2.51. The molecule has 2 unspecified atom stereocenters. The lowest BCUT2D eigenvalue weighted by molar-refractivity contribution is -0.300. The molecule has 1 saturated heterocycles. The van der Waals surface area contributed by atoms with Crippen LogP contribution in [0.5, 0.6) is 0 Å². The summed E-state index contributed by atoms with van der Waals surface area (Å²) in [4.78, 5) is 1.43. The van der Waals surface area contributed by atoms with Crippen LogP contribution >= 0.6 is 0 Å². The third-order valence-corrected chi connectivity index (χ3v) is 3.41. The standard InChI is InChI=1S/C14H20FNO3/c1-9-5-4-6-12(13(9)15)14(17,18)16-7-10(2)19-11(3)8-16/h4-6,10-11,17-18H,7-8H2,1-3H3. The fraction of sp³-hybridized carbons (Fsp3) is 0.571. The van der Waals surface area contributed by atoms with Gasteiger partial charge >= 0.3 is 0 Å². The van der Waals surface area contributed by atoms with Gasteiger partial charge in [0.15, 0.2) is 0 Å². The third-order valence-electron chi connectivity index (χ3n) is 3.41. The molecule has 2 N–H and O–H groups in total. The number of morpholine rings is 1. The highest BCUT2D eigenvalue weighted by Gasteiger charge is 2.40. The molecular weight excluding hydrogens is 249 g/mol. The Morgan fingerprint density at radius 2 is 1.84 bits per heavy atom. The van der Waals surface area contributed by atoms with Gasteiger partial charge in [-0.3, -0.25) is 0 Å². The molecule has 19 heavy (non-hydrogen) atoms. The average Bonchev–Trinajstić information content (AvgIpc) is 2.31. The molecule has 1 heterocycles. The van der Waals surface area contributed by atoms with E-state index in [0.29, 0.717) is 18.7 Å². The molecule has 1 aliphatic rings. The lowest BCUT2D eigenvalue weighted by atomic mass is 10.0. The first-order valence-corrected chi connectivity index (χ1v) is 6.43. The largest absolute Gasteiger partial charge is 0.373 e. The summed E-state index contributed by atoms with van der Waals surface area (Å²) in [6.07, 6.45) is -0.259. The van der Waals surface area contributed by atoms with Crippen molar-refractivity contribution in [3.05, 3.63) is 35.1 Å². The second-order valence-corrected chi connectivity index (χ2v) is 5.23. The van der Waals surface area contributed by atoms with Gasteiger partial charge in [0.25, 0.3) is 5.91 Å². The van der Waals surface area contributed by atoms with Crippen LogP contribution in [-0.4, -0.2) is 40.4 Å². The molecule has 2 atom stereocenters. The molecule has 2 rings (SSSR count). The van der Waals surface area contributed by atoms with Crippen LogP contribution in [0.15, 0.2) is 18.2 Å². The van der Waals surface area contributed by atoms with Gasteiger partial charge in [-0.2, -0.15) is 0 Å². The molecule has 1 aromatic rings. The minimum Gasteiger partial charge on any atom is -0.373 e. The molecule has 0 aliphatic carbocycles. The van der Waals surface area contributed by atoms with Gasteiger partial charge in [-0.25, -0.2) is 9.29 Å². The van der Waals surface area contributed by atoms with Crippen LogP contribution in [0.3, 0.4) is 0 Å². The Kier molecular flexibility index (Phi) is 3.92. The number of benzene rings is 1. The Hall–Kier alpha value is -1.01. The highest BCUT2D eigenvalue weighted by molar-refractivity contribution is 5.28. The Balaban J connectivity index is 2.33. The normalized spacial score (nSPS) is 25.6. The van der Waals surface area contributed by atoms with Crippen molar-refractivity contribution in [3.8, 4) is 0 Å². The highest BCUT2D eigenvalue weighted by Crippen LogP contribution is 2.29. The van der Waals surface area contributed by atoms with Crippen LogP contribution in [0.25, 0.3) is 0 Å². The van der Waals surface area contributed by atoms with E-state index in [9.17, 15) is 14.6 Å². The van der Waals surface area contributed by atoms with E-state index in [2.05, 4.69) is 0 Å². The molecule has 1 aromatic carbocycles. The van der Waals surface area contributed by atoms with Crippen molar-refractivity contribution >= 4 is 0 Å². The molecule has 0 radical (unpaired) electrons. The SMILES string of the molecule is Cc1cccc(C(O)(O)N2CC(C)OC(C)C2)c1F. The summed E-state index contributed by atoms with van der Waals surface area (Å²) >= 11 is 0. The Bertz CT molecular complexity index is 454. The van der Waals surface area contributed by atoms with Crippen molar-refractivity contribution in [2.45, 2.75) is 38.9 Å². The number of ether oxygens (including phenoxy) is 1. The summed E-state index contributed by atoms with van der Waals surface area (Å²) < 4.78 is 19.6. The maximum Gasteiger partial charge on any atom is 0.256 e. The molecule has 0 saturated carbocycles. The molecular formula is C14H20FNO3. The topological polar surface area (TPSA) is 52.9 Å². The van der Waals surface area contributed by atoms with Crippen molar-refractivity contribution in [2.75, 3.05) is 13.1 Å². The number of halogens is 1. The van der Waals surface area contributed by atoms with Gasteiger partial charge in [0.1, 0.15) is 5.82 Å². The zero-order chi connectivity index (χ0) is 14.2. The van der Waals surface area contributed by atoms with E-state index in [4.69, 9.17) is 4.74 Å². The average molecular weight is 269 g/mol. The number of hydrogen-bond donors (Lipinski definition) is 2. The first kappa shape index (κ1) is 14.4. The van der Waals surface area contributed by atoms with Crippen molar-refractivity contribution in [1.29, 1.82) is 0 Å². The summed E-state index contributed by atoms with van der Waals surface area (Å²) in [5, 5.41) is 20.7. The van der Waals surface area contributed by atoms with Crippen molar-refractivity contribution < 1.29 is 19.3 Å². The summed E-state index contributed by atoms with van der Waals surface area (Å²) in [5.74, 6) is -2.90. The van der Waals surface area contributed by atoms with E-state index >= 15 is 0 Å². The number of aliphatic hydroxyl groups is 2. The van der Waals surface area contributed by atoms with Gasteiger partial charge in [-0.1, -0.05) is 12.1 Å². The molecule has 106 valence electrons. The fourth-order valence-corrected chi connectivity index (χ4v) is 2.51. The molecule has 1 fully saturated rings. The van der Waals surface area contributed by atoms with Crippen LogP contribution < -0.4 is 0 Å². The van der Waals surface area contributed by atoms with Crippen LogP contribution in [0.2, 0.25) is 0 Å². The highest BCUT2D eigenvalue weighted by atomic mass is 19.1. The van der Waals surface area contributed by atoms with Gasteiger partial charge < -0.3 is 14.9 Å².